The van der Waals surface area contributed by atoms with E-state index in [0.717, 1.165) is 19.3 Å². The summed E-state index contributed by atoms with van der Waals surface area (Å²) in [5, 5.41) is 12.8. The molecule has 94 valence electrons. The molecule has 0 atom stereocenters. The molecule has 0 radical (unpaired) electrons. The van der Waals surface area contributed by atoms with E-state index in [1.54, 1.807) is 0 Å². The van der Waals surface area contributed by atoms with Gasteiger partial charge in [-0.25, -0.2) is 4.79 Å². The molecule has 1 aromatic carbocycles. The van der Waals surface area contributed by atoms with Crippen molar-refractivity contribution < 1.29 is 9.90 Å². The van der Waals surface area contributed by atoms with E-state index in [9.17, 15) is 4.79 Å². The Labute approximate surface area is 111 Å². The van der Waals surface area contributed by atoms with Crippen molar-refractivity contribution in [2.45, 2.75) is 26.2 Å². The van der Waals surface area contributed by atoms with Gasteiger partial charge in [-0.05, 0) is 18.6 Å². The Morgan fingerprint density at radius 1 is 1.35 bits per heavy atom. The summed E-state index contributed by atoms with van der Waals surface area (Å²) in [6.45, 7) is 2.81. The zero-order valence-electron chi connectivity index (χ0n) is 9.59. The van der Waals surface area contributed by atoms with Crippen LogP contribution < -0.4 is 5.32 Å². The number of carboxylic acid groups (broad SMARTS) is 1. The zero-order valence-corrected chi connectivity index (χ0v) is 11.1. The molecule has 0 amide bonds. The van der Waals surface area contributed by atoms with Crippen LogP contribution in [0.4, 0.5) is 5.69 Å². The number of aromatic carboxylic acids is 1. The second-order valence-corrected chi connectivity index (χ2v) is 4.59. The van der Waals surface area contributed by atoms with Gasteiger partial charge in [0.25, 0.3) is 0 Å². The Morgan fingerprint density at radius 3 is 2.65 bits per heavy atom. The first-order chi connectivity index (χ1) is 8.06. The number of nitrogens with one attached hydrogen (secondary N) is 1. The Balaban J connectivity index is 2.85. The molecule has 17 heavy (non-hydrogen) atoms. The van der Waals surface area contributed by atoms with Crippen LogP contribution in [0.5, 0.6) is 0 Å². The van der Waals surface area contributed by atoms with E-state index in [-0.39, 0.29) is 5.56 Å². The largest absolute Gasteiger partial charge is 0.478 e. The van der Waals surface area contributed by atoms with Gasteiger partial charge in [0.1, 0.15) is 0 Å². The van der Waals surface area contributed by atoms with Crippen molar-refractivity contribution in [2.75, 3.05) is 11.9 Å². The molecule has 3 nitrogen and oxygen atoms in total. The SMILES string of the molecule is CCCCCNc1c(Cl)cc(Cl)cc1C(=O)O. The first-order valence-corrected chi connectivity index (χ1v) is 6.28. The Morgan fingerprint density at radius 2 is 2.06 bits per heavy atom. The Hall–Kier alpha value is -0.930. The maximum absolute atomic E-state index is 11.1. The highest BCUT2D eigenvalue weighted by Crippen LogP contribution is 2.30. The molecule has 1 rings (SSSR count). The highest BCUT2D eigenvalue weighted by atomic mass is 35.5. The van der Waals surface area contributed by atoms with Gasteiger partial charge < -0.3 is 10.4 Å². The number of hydrogen-bond donors (Lipinski definition) is 2. The second-order valence-electron chi connectivity index (χ2n) is 3.75. The zero-order chi connectivity index (χ0) is 12.8. The number of halogens is 2. The van der Waals surface area contributed by atoms with Crippen LogP contribution in [0.15, 0.2) is 12.1 Å². The van der Waals surface area contributed by atoms with E-state index < -0.39 is 5.97 Å². The molecule has 0 bridgehead atoms. The van der Waals surface area contributed by atoms with Crippen LogP contribution in [-0.4, -0.2) is 17.6 Å². The topological polar surface area (TPSA) is 49.3 Å². The van der Waals surface area contributed by atoms with Crippen LogP contribution in [0.25, 0.3) is 0 Å². The van der Waals surface area contributed by atoms with Gasteiger partial charge in [-0.15, -0.1) is 0 Å². The average molecular weight is 276 g/mol. The van der Waals surface area contributed by atoms with Crippen molar-refractivity contribution in [3.63, 3.8) is 0 Å². The maximum atomic E-state index is 11.1. The lowest BCUT2D eigenvalue weighted by atomic mass is 10.1. The molecule has 0 saturated carbocycles. The quantitative estimate of drug-likeness (QED) is 0.762. The minimum absolute atomic E-state index is 0.110. The predicted molar refractivity (Wildman–Crippen MR) is 71.4 cm³/mol. The summed E-state index contributed by atoms with van der Waals surface area (Å²) in [7, 11) is 0. The molecule has 0 aliphatic heterocycles. The van der Waals surface area contributed by atoms with Crippen LogP contribution >= 0.6 is 23.2 Å². The predicted octanol–water partition coefficient (Wildman–Crippen LogP) is 4.29. The van der Waals surface area contributed by atoms with Crippen LogP contribution in [0.2, 0.25) is 10.0 Å². The van der Waals surface area contributed by atoms with Crippen LogP contribution in [0, 0.1) is 0 Å². The number of carbonyl (C=O) groups is 1. The average Bonchev–Trinajstić information content (AvgIpc) is 2.25. The van der Waals surface area contributed by atoms with Gasteiger partial charge in [0.05, 0.1) is 16.3 Å². The summed E-state index contributed by atoms with van der Waals surface area (Å²) in [6.07, 6.45) is 3.19. The molecule has 1 aromatic rings. The summed E-state index contributed by atoms with van der Waals surface area (Å²) >= 11 is 11.8. The van der Waals surface area contributed by atoms with Crippen molar-refractivity contribution in [2.24, 2.45) is 0 Å². The van der Waals surface area contributed by atoms with Crippen LogP contribution in [0.3, 0.4) is 0 Å². The third-order valence-electron chi connectivity index (χ3n) is 2.37. The smallest absolute Gasteiger partial charge is 0.337 e. The fraction of sp³-hybridized carbons (Fsp3) is 0.417. The van der Waals surface area contributed by atoms with Gasteiger partial charge in [-0.3, -0.25) is 0 Å². The molecule has 5 heteroatoms. The fourth-order valence-electron chi connectivity index (χ4n) is 1.51. The van der Waals surface area contributed by atoms with Gasteiger partial charge in [0.15, 0.2) is 0 Å². The standard InChI is InChI=1S/C12H15Cl2NO2/c1-2-3-4-5-15-11-9(12(16)17)6-8(13)7-10(11)14/h6-7,15H,2-5H2,1H3,(H,16,17). The lowest BCUT2D eigenvalue weighted by molar-refractivity contribution is 0.0698. The lowest BCUT2D eigenvalue weighted by Gasteiger charge is -2.11. The van der Waals surface area contributed by atoms with Crippen molar-refractivity contribution in [3.05, 3.63) is 27.7 Å². The number of rotatable bonds is 6. The molecule has 0 aromatic heterocycles. The fourth-order valence-corrected chi connectivity index (χ4v) is 2.07. The van der Waals surface area contributed by atoms with Gasteiger partial charge in [0.2, 0.25) is 0 Å². The minimum atomic E-state index is -1.03. The monoisotopic (exact) mass is 275 g/mol. The highest BCUT2D eigenvalue weighted by Gasteiger charge is 2.14. The number of benzene rings is 1. The molecule has 0 saturated heterocycles. The minimum Gasteiger partial charge on any atom is -0.478 e. The van der Waals surface area contributed by atoms with Gasteiger partial charge >= 0.3 is 5.97 Å². The van der Waals surface area contributed by atoms with E-state index in [0.29, 0.717) is 22.3 Å². The summed E-state index contributed by atoms with van der Waals surface area (Å²) < 4.78 is 0. The van der Waals surface area contributed by atoms with Crippen LogP contribution in [-0.2, 0) is 0 Å². The summed E-state index contributed by atoms with van der Waals surface area (Å²) in [6, 6.07) is 2.94. The van der Waals surface area contributed by atoms with Crippen molar-refractivity contribution in [1.82, 2.24) is 0 Å². The molecule has 2 N–H and O–H groups in total. The van der Waals surface area contributed by atoms with Crippen molar-refractivity contribution >= 4 is 34.9 Å². The molecule has 0 spiro atoms. The van der Waals surface area contributed by atoms with E-state index >= 15 is 0 Å². The third kappa shape index (κ3) is 4.10. The van der Waals surface area contributed by atoms with Gasteiger partial charge in [-0.2, -0.15) is 0 Å². The maximum Gasteiger partial charge on any atom is 0.337 e. The van der Waals surface area contributed by atoms with E-state index in [2.05, 4.69) is 12.2 Å². The summed E-state index contributed by atoms with van der Waals surface area (Å²) in [5.41, 5.74) is 0.554. The second kappa shape index (κ2) is 6.72. The molecular formula is C12H15Cl2NO2. The number of hydrogen-bond acceptors (Lipinski definition) is 2. The van der Waals surface area contributed by atoms with Gasteiger partial charge in [-0.1, -0.05) is 43.0 Å². The lowest BCUT2D eigenvalue weighted by Crippen LogP contribution is -2.08. The van der Waals surface area contributed by atoms with E-state index in [4.69, 9.17) is 28.3 Å². The number of carboxylic acids is 1. The first-order valence-electron chi connectivity index (χ1n) is 5.52. The molecule has 0 aliphatic rings. The normalized spacial score (nSPS) is 10.3. The van der Waals surface area contributed by atoms with E-state index in [1.165, 1.54) is 12.1 Å². The number of anilines is 1. The summed E-state index contributed by atoms with van der Waals surface area (Å²) in [4.78, 5) is 11.1. The first kappa shape index (κ1) is 14.1. The molecule has 0 aliphatic carbocycles. The summed E-state index contributed by atoms with van der Waals surface area (Å²) in [5.74, 6) is -1.03. The molecule has 0 unspecified atom stereocenters. The third-order valence-corrected chi connectivity index (χ3v) is 2.88. The molecular weight excluding hydrogens is 261 g/mol. The highest BCUT2D eigenvalue weighted by molar-refractivity contribution is 6.37. The molecule has 0 fully saturated rings. The van der Waals surface area contributed by atoms with Gasteiger partial charge in [0, 0.05) is 11.6 Å². The Bertz CT molecular complexity index is 408. The number of unbranched alkanes of at least 4 members (excludes halogenated alkanes) is 2. The van der Waals surface area contributed by atoms with Crippen molar-refractivity contribution in [3.8, 4) is 0 Å². The van der Waals surface area contributed by atoms with Crippen molar-refractivity contribution in [1.29, 1.82) is 0 Å². The van der Waals surface area contributed by atoms with Crippen LogP contribution in [0.1, 0.15) is 36.5 Å². The molecule has 0 heterocycles. The Kier molecular flexibility index (Phi) is 5.59. The van der Waals surface area contributed by atoms with E-state index in [1.807, 2.05) is 0 Å².